The number of ether oxygens (including phenoxy) is 1. The van der Waals surface area contributed by atoms with Crippen molar-refractivity contribution in [1.29, 1.82) is 0 Å². The Morgan fingerprint density at radius 2 is 1.92 bits per heavy atom. The van der Waals surface area contributed by atoms with Gasteiger partial charge in [-0.3, -0.25) is 0 Å². The molecule has 1 aromatic heterocycles. The number of aromatic nitrogens is 1. The van der Waals surface area contributed by atoms with Gasteiger partial charge in [-0.05, 0) is 31.2 Å². The Morgan fingerprint density at radius 3 is 2.48 bits per heavy atom. The van der Waals surface area contributed by atoms with Crippen molar-refractivity contribution in [3.05, 3.63) is 42.0 Å². The average molecular weight is 354 g/mol. The second-order valence-electron chi connectivity index (χ2n) is 5.62. The summed E-state index contributed by atoms with van der Waals surface area (Å²) in [4.78, 5) is 16.6. The van der Waals surface area contributed by atoms with Crippen molar-refractivity contribution in [2.45, 2.75) is 19.2 Å². The van der Waals surface area contributed by atoms with E-state index in [1.807, 2.05) is 0 Å². The molecule has 0 spiro atoms. The molecule has 1 heterocycles. The summed E-state index contributed by atoms with van der Waals surface area (Å²) in [7, 11) is 3.20. The summed E-state index contributed by atoms with van der Waals surface area (Å²) in [5.41, 5.74) is -0.303. The third-order valence-electron chi connectivity index (χ3n) is 3.39. The smallest absolute Gasteiger partial charge is 0.416 e. The number of benzene rings is 1. The molecular formula is C17H17F3N2O3. The first-order chi connectivity index (χ1) is 11.6. The second-order valence-corrected chi connectivity index (χ2v) is 5.62. The second kappa shape index (κ2) is 7.00. The van der Waals surface area contributed by atoms with Crippen LogP contribution in [0, 0.1) is 0 Å². The maximum atomic E-state index is 13.1. The van der Waals surface area contributed by atoms with Gasteiger partial charge < -0.3 is 14.7 Å². The van der Waals surface area contributed by atoms with Gasteiger partial charge in [0.05, 0.1) is 11.3 Å². The molecule has 0 radical (unpaired) electrons. The molecule has 8 heteroatoms. The van der Waals surface area contributed by atoms with Crippen molar-refractivity contribution in [2.24, 2.45) is 0 Å². The number of anilines is 1. The highest BCUT2D eigenvalue weighted by molar-refractivity contribution is 5.72. The van der Waals surface area contributed by atoms with Crippen LogP contribution in [0.3, 0.4) is 0 Å². The molecule has 2 aromatic rings. The number of carboxylic acids is 1. The molecule has 25 heavy (non-hydrogen) atoms. The van der Waals surface area contributed by atoms with Crippen molar-refractivity contribution in [2.75, 3.05) is 19.0 Å². The molecule has 0 aliphatic heterocycles. The van der Waals surface area contributed by atoms with E-state index < -0.39 is 23.8 Å². The predicted octanol–water partition coefficient (Wildman–Crippen LogP) is 3.69. The Morgan fingerprint density at radius 1 is 1.24 bits per heavy atom. The van der Waals surface area contributed by atoms with Gasteiger partial charge in [0.1, 0.15) is 11.6 Å². The molecule has 2 rings (SSSR count). The summed E-state index contributed by atoms with van der Waals surface area (Å²) in [5, 5.41) is 8.89. The van der Waals surface area contributed by atoms with Crippen LogP contribution in [0.15, 0.2) is 36.4 Å². The van der Waals surface area contributed by atoms with Gasteiger partial charge in [0.25, 0.3) is 0 Å². The monoisotopic (exact) mass is 354 g/mol. The molecule has 0 fully saturated rings. The molecule has 0 amide bonds. The lowest BCUT2D eigenvalue weighted by molar-refractivity contribution is -0.144. The molecule has 5 nitrogen and oxygen atoms in total. The zero-order valence-corrected chi connectivity index (χ0v) is 13.8. The Kier molecular flexibility index (Phi) is 5.20. The van der Waals surface area contributed by atoms with Gasteiger partial charge in [-0.1, -0.05) is 12.1 Å². The number of aliphatic carboxylic acids is 1. The number of carbonyl (C=O) groups is 1. The van der Waals surface area contributed by atoms with Crippen LogP contribution in [0.2, 0.25) is 0 Å². The van der Waals surface area contributed by atoms with E-state index in [1.54, 1.807) is 26.2 Å². The number of hydrogen-bond donors (Lipinski definition) is 1. The number of pyridine rings is 1. The van der Waals surface area contributed by atoms with E-state index in [1.165, 1.54) is 24.0 Å². The highest BCUT2D eigenvalue weighted by Crippen LogP contribution is 2.34. The first kappa shape index (κ1) is 18.6. The van der Waals surface area contributed by atoms with Crippen molar-refractivity contribution < 1.29 is 27.8 Å². The van der Waals surface area contributed by atoms with Gasteiger partial charge in [0.2, 0.25) is 0 Å². The van der Waals surface area contributed by atoms with Crippen LogP contribution in [0.5, 0.6) is 5.75 Å². The first-order valence-corrected chi connectivity index (χ1v) is 7.34. The van der Waals surface area contributed by atoms with E-state index in [-0.39, 0.29) is 17.3 Å². The fraction of sp³-hybridized carbons (Fsp3) is 0.294. The minimum atomic E-state index is -4.51. The molecule has 0 aliphatic carbocycles. The van der Waals surface area contributed by atoms with Gasteiger partial charge >= 0.3 is 12.1 Å². The van der Waals surface area contributed by atoms with Crippen LogP contribution < -0.4 is 9.64 Å². The summed E-state index contributed by atoms with van der Waals surface area (Å²) in [5.74, 6) is -0.745. The first-order valence-electron chi connectivity index (χ1n) is 7.34. The third kappa shape index (κ3) is 4.62. The number of halogens is 3. The van der Waals surface area contributed by atoms with Gasteiger partial charge in [0.15, 0.2) is 6.10 Å². The molecular weight excluding hydrogens is 337 g/mol. The maximum Gasteiger partial charge on any atom is 0.416 e. The SMILES string of the molecule is CC(Oc1cccc(-c2cc(C(F)(F)F)cc(N(C)C)n2)c1)C(=O)O. The predicted molar refractivity (Wildman–Crippen MR) is 86.7 cm³/mol. The highest BCUT2D eigenvalue weighted by atomic mass is 19.4. The Bertz CT molecular complexity index is 776. The minimum absolute atomic E-state index is 0.118. The molecule has 1 unspecified atom stereocenters. The van der Waals surface area contributed by atoms with Gasteiger partial charge in [-0.25, -0.2) is 9.78 Å². The van der Waals surface area contributed by atoms with Crippen LogP contribution in [0.25, 0.3) is 11.3 Å². The average Bonchev–Trinajstić information content (AvgIpc) is 2.53. The van der Waals surface area contributed by atoms with E-state index in [9.17, 15) is 18.0 Å². The number of hydrogen-bond acceptors (Lipinski definition) is 4. The van der Waals surface area contributed by atoms with Crippen molar-refractivity contribution in [3.8, 4) is 17.0 Å². The molecule has 0 saturated carbocycles. The summed E-state index contributed by atoms with van der Waals surface area (Å²) in [6, 6.07) is 8.06. The number of rotatable bonds is 5. The lowest BCUT2D eigenvalue weighted by Crippen LogP contribution is -2.22. The van der Waals surface area contributed by atoms with E-state index in [2.05, 4.69) is 4.98 Å². The fourth-order valence-corrected chi connectivity index (χ4v) is 2.04. The van der Waals surface area contributed by atoms with E-state index in [0.29, 0.717) is 5.56 Å². The summed E-state index contributed by atoms with van der Waals surface area (Å²) >= 11 is 0. The maximum absolute atomic E-state index is 13.1. The summed E-state index contributed by atoms with van der Waals surface area (Å²) < 4.78 is 44.6. The molecule has 1 N–H and O–H groups in total. The molecule has 1 aromatic carbocycles. The quantitative estimate of drug-likeness (QED) is 0.887. The van der Waals surface area contributed by atoms with Crippen molar-refractivity contribution in [1.82, 2.24) is 4.98 Å². The van der Waals surface area contributed by atoms with Crippen LogP contribution in [-0.2, 0) is 11.0 Å². The normalized spacial score (nSPS) is 12.6. The van der Waals surface area contributed by atoms with Crippen LogP contribution in [0.1, 0.15) is 12.5 Å². The Labute approximate surface area is 142 Å². The van der Waals surface area contributed by atoms with E-state index >= 15 is 0 Å². The van der Waals surface area contributed by atoms with Gasteiger partial charge in [-0.15, -0.1) is 0 Å². The van der Waals surface area contributed by atoms with Crippen LogP contribution >= 0.6 is 0 Å². The van der Waals surface area contributed by atoms with Gasteiger partial charge in [0, 0.05) is 19.7 Å². The lowest BCUT2D eigenvalue weighted by atomic mass is 10.1. The molecule has 0 bridgehead atoms. The van der Waals surface area contributed by atoms with E-state index in [0.717, 1.165) is 12.1 Å². The minimum Gasteiger partial charge on any atom is -0.479 e. The van der Waals surface area contributed by atoms with Crippen LogP contribution in [0.4, 0.5) is 19.0 Å². The number of nitrogens with zero attached hydrogens (tertiary/aromatic N) is 2. The van der Waals surface area contributed by atoms with Crippen molar-refractivity contribution in [3.63, 3.8) is 0 Å². The molecule has 134 valence electrons. The molecule has 1 atom stereocenters. The third-order valence-corrected chi connectivity index (χ3v) is 3.39. The van der Waals surface area contributed by atoms with Crippen LogP contribution in [-0.4, -0.2) is 36.3 Å². The molecule has 0 aliphatic rings. The van der Waals surface area contributed by atoms with E-state index in [4.69, 9.17) is 9.84 Å². The number of alkyl halides is 3. The van der Waals surface area contributed by atoms with Crippen molar-refractivity contribution >= 4 is 11.8 Å². The Balaban J connectivity index is 2.47. The fourth-order valence-electron chi connectivity index (χ4n) is 2.04. The topological polar surface area (TPSA) is 62.7 Å². The highest BCUT2D eigenvalue weighted by Gasteiger charge is 2.32. The summed E-state index contributed by atoms with van der Waals surface area (Å²) in [6.45, 7) is 1.36. The zero-order valence-electron chi connectivity index (χ0n) is 13.8. The standard InChI is InChI=1S/C17H17F3N2O3/c1-10(16(23)24)25-13-6-4-5-11(7-13)14-8-12(17(18,19)20)9-15(21-14)22(2)3/h4-10H,1-3H3,(H,23,24). The molecule has 0 saturated heterocycles. The Hall–Kier alpha value is -2.77. The summed E-state index contributed by atoms with van der Waals surface area (Å²) in [6.07, 6.45) is -5.59. The zero-order chi connectivity index (χ0) is 18.8. The lowest BCUT2D eigenvalue weighted by Gasteiger charge is -2.17. The number of carboxylic acid groups (broad SMARTS) is 1. The van der Waals surface area contributed by atoms with Gasteiger partial charge in [-0.2, -0.15) is 13.2 Å². The largest absolute Gasteiger partial charge is 0.479 e.